The van der Waals surface area contributed by atoms with Gasteiger partial charge in [-0.25, -0.2) is 9.78 Å². The van der Waals surface area contributed by atoms with Crippen LogP contribution >= 0.6 is 12.6 Å². The van der Waals surface area contributed by atoms with Crippen LogP contribution in [0.4, 0.5) is 0 Å². The molecule has 13 nitrogen and oxygen atoms in total. The molecule has 1 aromatic rings. The highest BCUT2D eigenvalue weighted by atomic mass is 32.1. The van der Waals surface area contributed by atoms with Gasteiger partial charge in [-0.05, 0) is 5.92 Å². The fraction of sp³-hybridized carbons (Fsp3) is 0.579. The van der Waals surface area contributed by atoms with E-state index in [0.29, 0.717) is 12.1 Å². The van der Waals surface area contributed by atoms with Gasteiger partial charge in [-0.3, -0.25) is 19.2 Å². The molecule has 1 aromatic heterocycles. The van der Waals surface area contributed by atoms with Crippen molar-refractivity contribution in [1.29, 1.82) is 0 Å². The fourth-order valence-electron chi connectivity index (χ4n) is 2.75. The lowest BCUT2D eigenvalue weighted by molar-refractivity contribution is -0.143. The maximum Gasteiger partial charge on any atom is 0.326 e. The van der Waals surface area contributed by atoms with Crippen molar-refractivity contribution in [2.24, 2.45) is 17.4 Å². The number of aliphatic carboxylic acids is 1. The summed E-state index contributed by atoms with van der Waals surface area (Å²) in [7, 11) is 0. The van der Waals surface area contributed by atoms with Gasteiger partial charge in [0.15, 0.2) is 0 Å². The third-order valence-electron chi connectivity index (χ3n) is 5.01. The molecule has 5 atom stereocenters. The Bertz CT molecular complexity index is 835. The minimum Gasteiger partial charge on any atom is -0.480 e. The van der Waals surface area contributed by atoms with Gasteiger partial charge >= 0.3 is 5.97 Å². The number of carboxylic acid groups (broad SMARTS) is 1. The van der Waals surface area contributed by atoms with Gasteiger partial charge in [0.2, 0.25) is 23.6 Å². The van der Waals surface area contributed by atoms with Crippen molar-refractivity contribution in [2.75, 3.05) is 5.75 Å². The Morgan fingerprint density at radius 3 is 2.15 bits per heavy atom. The van der Waals surface area contributed by atoms with E-state index in [1.807, 2.05) is 6.92 Å². The average Bonchev–Trinajstić information content (AvgIpc) is 3.27. The Hall–Kier alpha value is -3.13. The number of H-pyrrole nitrogens is 1. The van der Waals surface area contributed by atoms with Crippen LogP contribution in [0, 0.1) is 5.92 Å². The molecule has 33 heavy (non-hydrogen) atoms. The molecule has 5 unspecified atom stereocenters. The van der Waals surface area contributed by atoms with Crippen molar-refractivity contribution < 1.29 is 29.1 Å². The normalized spacial score (nSPS) is 15.4. The number of hydrogen-bond donors (Lipinski definition) is 8. The maximum atomic E-state index is 12.8. The first kappa shape index (κ1) is 27.9. The highest BCUT2D eigenvalue weighted by Gasteiger charge is 2.31. The molecule has 0 aliphatic heterocycles. The van der Waals surface area contributed by atoms with Crippen molar-refractivity contribution in [3.8, 4) is 0 Å². The lowest BCUT2D eigenvalue weighted by atomic mass is 9.99. The number of primary amides is 1. The molecule has 1 rings (SSSR count). The van der Waals surface area contributed by atoms with E-state index in [9.17, 15) is 29.1 Å². The van der Waals surface area contributed by atoms with Crippen LogP contribution < -0.4 is 27.4 Å². The Morgan fingerprint density at radius 2 is 1.67 bits per heavy atom. The summed E-state index contributed by atoms with van der Waals surface area (Å²) in [6, 6.07) is -4.77. The number of rotatable bonds is 14. The van der Waals surface area contributed by atoms with E-state index in [4.69, 9.17) is 11.5 Å². The quantitative estimate of drug-likeness (QED) is 0.133. The van der Waals surface area contributed by atoms with Crippen molar-refractivity contribution >= 4 is 42.2 Å². The van der Waals surface area contributed by atoms with Gasteiger partial charge in [0.1, 0.15) is 18.1 Å². The molecular weight excluding hydrogens is 454 g/mol. The topological polar surface area (TPSA) is 222 Å². The number of thiol groups is 1. The van der Waals surface area contributed by atoms with E-state index in [1.165, 1.54) is 12.5 Å². The number of aromatic nitrogens is 2. The van der Waals surface area contributed by atoms with E-state index in [1.54, 1.807) is 6.92 Å². The number of carbonyl (C=O) groups excluding carboxylic acids is 4. The highest BCUT2D eigenvalue weighted by Crippen LogP contribution is 2.06. The van der Waals surface area contributed by atoms with Gasteiger partial charge < -0.3 is 37.5 Å². The zero-order chi connectivity index (χ0) is 25.1. The predicted octanol–water partition coefficient (Wildman–Crippen LogP) is -2.33. The number of nitrogens with zero attached hydrogens (tertiary/aromatic N) is 1. The van der Waals surface area contributed by atoms with Crippen LogP contribution in [-0.2, 0) is 30.4 Å². The molecule has 0 aliphatic carbocycles. The van der Waals surface area contributed by atoms with Gasteiger partial charge in [0, 0.05) is 24.1 Å². The second-order valence-corrected chi connectivity index (χ2v) is 7.93. The lowest BCUT2D eigenvalue weighted by Gasteiger charge is -2.25. The number of imidazole rings is 1. The van der Waals surface area contributed by atoms with Crippen LogP contribution in [0.25, 0.3) is 0 Å². The summed E-state index contributed by atoms with van der Waals surface area (Å²) in [6.07, 6.45) is 2.75. The standard InChI is InChI=1S/C19H31N7O6S/c1-3-9(2)15(21)18(30)26-13(7-33)17(29)24-11(4-10-6-22-8-23-10)16(28)25-12(19(31)32)5-14(20)27/h6,8-9,11-13,15,33H,3-5,7,21H2,1-2H3,(H2,20,27)(H,22,23)(H,24,29)(H,25,28)(H,26,30)(H,31,32). The molecule has 0 saturated carbocycles. The SMILES string of the molecule is CCC(C)C(N)C(=O)NC(CS)C(=O)NC(Cc1cnc[nH]1)C(=O)NC(CC(N)=O)C(=O)O. The Balaban J connectivity index is 2.98. The largest absolute Gasteiger partial charge is 0.480 e. The summed E-state index contributed by atoms with van der Waals surface area (Å²) in [5, 5.41) is 16.4. The molecule has 14 heteroatoms. The number of carboxylic acids is 1. The first-order chi connectivity index (χ1) is 15.5. The Kier molecular flexibility index (Phi) is 11.4. The molecular formula is C19H31N7O6S. The second-order valence-electron chi connectivity index (χ2n) is 7.57. The van der Waals surface area contributed by atoms with Crippen molar-refractivity contribution in [2.45, 2.75) is 57.3 Å². The Morgan fingerprint density at radius 1 is 1.09 bits per heavy atom. The van der Waals surface area contributed by atoms with Gasteiger partial charge in [-0.1, -0.05) is 20.3 Å². The second kappa shape index (κ2) is 13.4. The molecule has 1 heterocycles. The smallest absolute Gasteiger partial charge is 0.326 e. The summed E-state index contributed by atoms with van der Waals surface area (Å²) in [5.41, 5.74) is 11.4. The number of aromatic amines is 1. The lowest BCUT2D eigenvalue weighted by Crippen LogP contribution is -2.58. The van der Waals surface area contributed by atoms with Gasteiger partial charge in [-0.2, -0.15) is 12.6 Å². The van der Waals surface area contributed by atoms with Crippen LogP contribution in [0.1, 0.15) is 32.4 Å². The zero-order valence-electron chi connectivity index (χ0n) is 18.4. The van der Waals surface area contributed by atoms with Gasteiger partial charge in [-0.15, -0.1) is 0 Å². The first-order valence-corrected chi connectivity index (χ1v) is 10.9. The monoisotopic (exact) mass is 485 g/mol. The van der Waals surface area contributed by atoms with Crippen LogP contribution in [0.3, 0.4) is 0 Å². The minimum atomic E-state index is -1.58. The molecule has 0 saturated heterocycles. The number of carbonyl (C=O) groups is 5. The van der Waals surface area contributed by atoms with Crippen LogP contribution in [0.2, 0.25) is 0 Å². The Labute approximate surface area is 196 Å². The molecule has 0 aromatic carbocycles. The van der Waals surface area contributed by atoms with E-state index in [0.717, 1.165) is 0 Å². The average molecular weight is 486 g/mol. The molecule has 0 radical (unpaired) electrons. The predicted molar refractivity (Wildman–Crippen MR) is 121 cm³/mol. The van der Waals surface area contributed by atoms with E-state index in [-0.39, 0.29) is 18.1 Å². The number of amides is 4. The van der Waals surface area contributed by atoms with E-state index in [2.05, 4.69) is 38.5 Å². The molecule has 4 amide bonds. The van der Waals surface area contributed by atoms with Gasteiger partial charge in [0.25, 0.3) is 0 Å². The van der Waals surface area contributed by atoms with Crippen molar-refractivity contribution in [1.82, 2.24) is 25.9 Å². The molecule has 0 aliphatic rings. The maximum absolute atomic E-state index is 12.8. The van der Waals surface area contributed by atoms with Crippen LogP contribution in [0.5, 0.6) is 0 Å². The summed E-state index contributed by atoms with van der Waals surface area (Å²) in [6.45, 7) is 3.68. The third-order valence-corrected chi connectivity index (χ3v) is 5.37. The fourth-order valence-corrected chi connectivity index (χ4v) is 3.00. The van der Waals surface area contributed by atoms with E-state index < -0.39 is 60.2 Å². The molecule has 0 spiro atoms. The number of nitrogens with two attached hydrogens (primary N) is 2. The highest BCUT2D eigenvalue weighted by molar-refractivity contribution is 7.80. The summed E-state index contributed by atoms with van der Waals surface area (Å²) >= 11 is 4.09. The number of hydrogen-bond acceptors (Lipinski definition) is 8. The molecule has 0 bridgehead atoms. The van der Waals surface area contributed by atoms with Gasteiger partial charge in [0.05, 0.1) is 18.8 Å². The minimum absolute atomic E-state index is 0.0693. The van der Waals surface area contributed by atoms with Crippen molar-refractivity contribution in [3.63, 3.8) is 0 Å². The summed E-state index contributed by atoms with van der Waals surface area (Å²) in [5.74, 6) is -4.72. The van der Waals surface area contributed by atoms with Crippen LogP contribution in [0.15, 0.2) is 12.5 Å². The van der Waals surface area contributed by atoms with E-state index >= 15 is 0 Å². The first-order valence-electron chi connectivity index (χ1n) is 10.3. The molecule has 0 fully saturated rings. The summed E-state index contributed by atoms with van der Waals surface area (Å²) < 4.78 is 0. The van der Waals surface area contributed by atoms with Crippen LogP contribution in [-0.4, -0.2) is 74.6 Å². The van der Waals surface area contributed by atoms with Crippen molar-refractivity contribution in [3.05, 3.63) is 18.2 Å². The molecule has 184 valence electrons. The zero-order valence-corrected chi connectivity index (χ0v) is 19.3. The third kappa shape index (κ3) is 9.10. The molecule has 9 N–H and O–H groups in total. The summed E-state index contributed by atoms with van der Waals surface area (Å²) in [4.78, 5) is 67.0. The number of nitrogens with one attached hydrogen (secondary N) is 4.